The summed E-state index contributed by atoms with van der Waals surface area (Å²) in [4.78, 5) is 61.9. The van der Waals surface area contributed by atoms with Crippen molar-refractivity contribution < 1.29 is 14.4 Å². The molecular formula is C22H25N5O4. The second-order valence-electron chi connectivity index (χ2n) is 9.10. The van der Waals surface area contributed by atoms with E-state index in [1.54, 1.807) is 12.3 Å². The molecule has 2 saturated heterocycles. The predicted molar refractivity (Wildman–Crippen MR) is 113 cm³/mol. The van der Waals surface area contributed by atoms with Crippen molar-refractivity contribution in [1.82, 2.24) is 19.2 Å². The minimum absolute atomic E-state index is 0.0570. The van der Waals surface area contributed by atoms with Crippen LogP contribution in [0.3, 0.4) is 0 Å². The molecule has 4 amide bonds. The van der Waals surface area contributed by atoms with Crippen LogP contribution in [0.1, 0.15) is 30.9 Å². The Morgan fingerprint density at radius 2 is 1.77 bits per heavy atom. The number of carbonyl (C=O) groups excluding carboxylic acids is 3. The van der Waals surface area contributed by atoms with E-state index in [1.807, 2.05) is 17.9 Å². The molecular weight excluding hydrogens is 398 g/mol. The largest absolute Gasteiger partial charge is 0.352 e. The van der Waals surface area contributed by atoms with Crippen molar-refractivity contribution in [3.8, 4) is 0 Å². The molecule has 9 heteroatoms. The Labute approximate surface area is 179 Å². The molecule has 0 radical (unpaired) electrons. The Bertz CT molecular complexity index is 1190. The molecule has 2 atom stereocenters. The summed E-state index contributed by atoms with van der Waals surface area (Å²) in [5, 5.41) is 0. The molecule has 0 unspecified atom stereocenters. The van der Waals surface area contributed by atoms with E-state index in [0.29, 0.717) is 35.9 Å². The molecule has 31 heavy (non-hydrogen) atoms. The van der Waals surface area contributed by atoms with Gasteiger partial charge in [0.25, 0.3) is 5.56 Å². The van der Waals surface area contributed by atoms with Crippen molar-refractivity contribution in [3.63, 3.8) is 0 Å². The van der Waals surface area contributed by atoms with Crippen LogP contribution in [-0.2, 0) is 16.0 Å². The lowest BCUT2D eigenvalue weighted by atomic mass is 9.65. The molecule has 2 fully saturated rings. The number of nitrogens with zero attached hydrogens (tertiary/aromatic N) is 5. The van der Waals surface area contributed by atoms with Crippen molar-refractivity contribution in [2.75, 3.05) is 25.5 Å². The van der Waals surface area contributed by atoms with Crippen LogP contribution in [0.15, 0.2) is 23.1 Å². The maximum absolute atomic E-state index is 13.6. The number of pyridine rings is 1. The lowest BCUT2D eigenvalue weighted by molar-refractivity contribution is -0.160. The summed E-state index contributed by atoms with van der Waals surface area (Å²) in [6, 6.07) is 2.57. The van der Waals surface area contributed by atoms with Crippen molar-refractivity contribution in [2.24, 2.45) is 11.3 Å². The van der Waals surface area contributed by atoms with Gasteiger partial charge in [0, 0.05) is 33.3 Å². The second-order valence-corrected chi connectivity index (χ2v) is 9.10. The Morgan fingerprint density at radius 1 is 1.10 bits per heavy atom. The van der Waals surface area contributed by atoms with Gasteiger partial charge >= 0.3 is 6.03 Å². The lowest BCUT2D eigenvalue weighted by Crippen LogP contribution is -2.72. The number of aryl methyl sites for hydroxylation is 1. The number of aromatic nitrogens is 2. The topological polar surface area (TPSA) is 95.3 Å². The van der Waals surface area contributed by atoms with E-state index < -0.39 is 29.3 Å². The first-order chi connectivity index (χ1) is 14.7. The van der Waals surface area contributed by atoms with Crippen LogP contribution in [0, 0.1) is 18.3 Å². The van der Waals surface area contributed by atoms with Crippen molar-refractivity contribution in [2.45, 2.75) is 39.2 Å². The zero-order chi connectivity index (χ0) is 22.2. The molecule has 9 nitrogen and oxygen atoms in total. The van der Waals surface area contributed by atoms with Gasteiger partial charge in [0.2, 0.25) is 11.8 Å². The van der Waals surface area contributed by atoms with E-state index in [0.717, 1.165) is 21.8 Å². The first-order valence-corrected chi connectivity index (χ1v) is 10.6. The number of amides is 4. The monoisotopic (exact) mass is 423 g/mol. The van der Waals surface area contributed by atoms with Gasteiger partial charge in [-0.2, -0.15) is 0 Å². The number of barbiturate groups is 1. The maximum atomic E-state index is 13.6. The highest BCUT2D eigenvalue weighted by Crippen LogP contribution is 2.48. The molecule has 0 bridgehead atoms. The summed E-state index contributed by atoms with van der Waals surface area (Å²) in [6.45, 7) is 4.60. The van der Waals surface area contributed by atoms with Crippen LogP contribution in [0.5, 0.6) is 0 Å². The number of rotatable bonds is 0. The number of carbonyl (C=O) groups is 3. The third-order valence-electron chi connectivity index (χ3n) is 7.23. The van der Waals surface area contributed by atoms with E-state index in [-0.39, 0.29) is 12.0 Å². The molecule has 162 valence electrons. The molecule has 0 N–H and O–H groups in total. The minimum Gasteiger partial charge on any atom is -0.352 e. The summed E-state index contributed by atoms with van der Waals surface area (Å²) < 4.78 is 1.48. The molecule has 5 heterocycles. The number of fused-ring (bicyclic) bond motifs is 5. The first kappa shape index (κ1) is 19.7. The van der Waals surface area contributed by atoms with Crippen LogP contribution in [-0.4, -0.2) is 63.7 Å². The molecule has 3 aliphatic heterocycles. The van der Waals surface area contributed by atoms with E-state index in [4.69, 9.17) is 4.98 Å². The van der Waals surface area contributed by atoms with Crippen LogP contribution >= 0.6 is 0 Å². The van der Waals surface area contributed by atoms with Gasteiger partial charge < -0.3 is 4.90 Å². The lowest BCUT2D eigenvalue weighted by Gasteiger charge is -2.54. The molecule has 5 rings (SSSR count). The van der Waals surface area contributed by atoms with Crippen molar-refractivity contribution >= 4 is 29.3 Å². The summed E-state index contributed by atoms with van der Waals surface area (Å²) in [6.07, 6.45) is 3.08. The van der Waals surface area contributed by atoms with Gasteiger partial charge in [0.1, 0.15) is 11.5 Å². The Hall–Kier alpha value is -3.23. The minimum atomic E-state index is -1.52. The highest BCUT2D eigenvalue weighted by molar-refractivity contribution is 6.20. The van der Waals surface area contributed by atoms with Gasteiger partial charge in [-0.3, -0.25) is 28.6 Å². The second kappa shape index (κ2) is 6.38. The molecule has 0 aromatic carbocycles. The third kappa shape index (κ3) is 2.40. The normalized spacial score (nSPS) is 25.3. The fraction of sp³-hybridized carbons (Fsp3) is 0.500. The van der Waals surface area contributed by atoms with Gasteiger partial charge in [-0.1, -0.05) is 13.0 Å². The average molecular weight is 423 g/mol. The summed E-state index contributed by atoms with van der Waals surface area (Å²) in [5.41, 5.74) is 0.0114. The number of imide groups is 2. The number of hydrogen-bond donors (Lipinski definition) is 0. The van der Waals surface area contributed by atoms with Gasteiger partial charge in [-0.15, -0.1) is 0 Å². The number of hydrogen-bond acceptors (Lipinski definition) is 6. The summed E-state index contributed by atoms with van der Waals surface area (Å²) in [5.74, 6) is -0.213. The molecule has 0 saturated carbocycles. The molecule has 2 aromatic rings. The average Bonchev–Trinajstić information content (AvgIpc) is 2.76. The van der Waals surface area contributed by atoms with Crippen LogP contribution in [0.25, 0.3) is 5.65 Å². The first-order valence-electron chi connectivity index (χ1n) is 10.6. The van der Waals surface area contributed by atoms with Gasteiger partial charge in [0.05, 0.1) is 11.6 Å². The van der Waals surface area contributed by atoms with E-state index in [9.17, 15) is 19.2 Å². The molecule has 0 aliphatic carbocycles. The molecule has 2 aromatic heterocycles. The quantitative estimate of drug-likeness (QED) is 0.591. The fourth-order valence-electron chi connectivity index (χ4n) is 5.50. The fourth-order valence-corrected chi connectivity index (χ4v) is 5.50. The standard InChI is InChI=1S/C22H25N5O4/c1-12-7-9-26-15(10-12)22(19(29)24(3)21(31)25(4)20(22)30)11-14-17(26)23-16-13(2)6-5-8-27(16)18(14)28/h5-6,8,12,15H,7,9-11H2,1-4H3/t12-,15-/m0/s1. The zero-order valence-corrected chi connectivity index (χ0v) is 18.1. The zero-order valence-electron chi connectivity index (χ0n) is 18.1. The van der Waals surface area contributed by atoms with Crippen LogP contribution in [0.4, 0.5) is 10.6 Å². The number of urea groups is 1. The number of piperidine rings is 1. The van der Waals surface area contributed by atoms with Gasteiger partial charge in [-0.25, -0.2) is 9.78 Å². The third-order valence-corrected chi connectivity index (χ3v) is 7.23. The van der Waals surface area contributed by atoms with E-state index >= 15 is 0 Å². The predicted octanol–water partition coefficient (Wildman–Crippen LogP) is 1.20. The summed E-state index contributed by atoms with van der Waals surface area (Å²) >= 11 is 0. The SMILES string of the molecule is Cc1cccn2c(=O)c3c(nc12)N1CC[C@H](C)C[C@H]1C1(C3)C(=O)N(C)C(=O)N(C)C1=O. The van der Waals surface area contributed by atoms with E-state index in [1.165, 1.54) is 18.5 Å². The summed E-state index contributed by atoms with van der Waals surface area (Å²) in [7, 11) is 2.80. The number of anilines is 1. The highest BCUT2D eigenvalue weighted by Gasteiger charge is 2.64. The molecule has 1 spiro atoms. The Morgan fingerprint density at radius 3 is 2.45 bits per heavy atom. The molecule has 3 aliphatic rings. The Balaban J connectivity index is 1.81. The van der Waals surface area contributed by atoms with Crippen LogP contribution < -0.4 is 10.5 Å². The smallest absolute Gasteiger partial charge is 0.332 e. The maximum Gasteiger partial charge on any atom is 0.332 e. The van der Waals surface area contributed by atoms with Crippen LogP contribution in [0.2, 0.25) is 0 Å². The van der Waals surface area contributed by atoms with E-state index in [2.05, 4.69) is 6.92 Å². The van der Waals surface area contributed by atoms with Gasteiger partial charge in [0.15, 0.2) is 5.41 Å². The van der Waals surface area contributed by atoms with Gasteiger partial charge in [-0.05, 0) is 37.3 Å². The van der Waals surface area contributed by atoms with Crippen molar-refractivity contribution in [1.29, 1.82) is 0 Å². The Kier molecular flexibility index (Phi) is 4.06. The van der Waals surface area contributed by atoms with Crippen molar-refractivity contribution in [3.05, 3.63) is 39.8 Å². The highest BCUT2D eigenvalue weighted by atomic mass is 16.2.